The van der Waals surface area contributed by atoms with E-state index >= 15 is 0 Å². The Hall–Kier alpha value is -2.02. The average molecular weight is 575 g/mol. The Balaban J connectivity index is 1.55. The maximum Gasteiger partial charge on any atom is 0.259 e. The quantitative estimate of drug-likeness (QED) is 0.304. The normalized spacial score (nSPS) is 18.1. The van der Waals surface area contributed by atoms with Gasteiger partial charge in [0, 0.05) is 33.9 Å². The number of benzene rings is 3. The first-order chi connectivity index (χ1) is 16.5. The van der Waals surface area contributed by atoms with Crippen LogP contribution in [0.2, 0.25) is 15.1 Å². The molecule has 182 valence electrons. The first-order valence-corrected chi connectivity index (χ1v) is 12.4. The Kier molecular flexibility index (Phi) is 7.56. The Labute approximate surface area is 226 Å². The second-order valence-electron chi connectivity index (χ2n) is 8.04. The Bertz CT molecular complexity index is 1280. The number of alkyl halides is 2. The predicted molar refractivity (Wildman–Crippen MR) is 141 cm³/mol. The molecule has 0 heterocycles. The molecular formula is C25H18Cl5FN2O2. The molecule has 2 atom stereocenters. The summed E-state index contributed by atoms with van der Waals surface area (Å²) >= 11 is 31.3. The minimum atomic E-state index is -1.34. The van der Waals surface area contributed by atoms with Crippen LogP contribution in [0.3, 0.4) is 0 Å². The van der Waals surface area contributed by atoms with Crippen LogP contribution in [0.15, 0.2) is 60.7 Å². The number of hydrogen-bond donors (Lipinski definition) is 1. The molecule has 1 saturated carbocycles. The molecule has 1 N–H and O–H groups in total. The highest BCUT2D eigenvalue weighted by Crippen LogP contribution is 2.65. The lowest BCUT2D eigenvalue weighted by Gasteiger charge is -2.22. The highest BCUT2D eigenvalue weighted by atomic mass is 35.5. The van der Waals surface area contributed by atoms with Gasteiger partial charge in [0.25, 0.3) is 5.91 Å². The maximum absolute atomic E-state index is 13.3. The summed E-state index contributed by atoms with van der Waals surface area (Å²) in [5.41, 5.74) is 1.68. The van der Waals surface area contributed by atoms with Crippen LogP contribution in [-0.2, 0) is 4.79 Å². The van der Waals surface area contributed by atoms with Crippen molar-refractivity contribution in [2.75, 3.05) is 16.8 Å². The molecule has 4 nitrogen and oxygen atoms in total. The molecule has 3 aromatic rings. The van der Waals surface area contributed by atoms with Gasteiger partial charge in [-0.15, -0.1) is 23.2 Å². The minimum Gasteiger partial charge on any atom is -0.326 e. The van der Waals surface area contributed by atoms with E-state index in [-0.39, 0.29) is 10.6 Å². The number of amides is 2. The van der Waals surface area contributed by atoms with Crippen molar-refractivity contribution in [1.82, 2.24) is 0 Å². The van der Waals surface area contributed by atoms with Crippen LogP contribution in [0, 0.1) is 11.7 Å². The van der Waals surface area contributed by atoms with Crippen molar-refractivity contribution < 1.29 is 14.0 Å². The van der Waals surface area contributed by atoms with Crippen LogP contribution in [0.1, 0.15) is 28.8 Å². The lowest BCUT2D eigenvalue weighted by atomic mass is 10.1. The Morgan fingerprint density at radius 2 is 1.60 bits per heavy atom. The van der Waals surface area contributed by atoms with Gasteiger partial charge in [0.1, 0.15) is 10.2 Å². The number of carbonyl (C=O) groups is 2. The van der Waals surface area contributed by atoms with E-state index < -0.39 is 33.8 Å². The molecule has 0 saturated heterocycles. The minimum absolute atomic E-state index is 0.174. The monoisotopic (exact) mass is 572 g/mol. The largest absolute Gasteiger partial charge is 0.326 e. The first-order valence-electron chi connectivity index (χ1n) is 10.5. The maximum atomic E-state index is 13.3. The molecule has 35 heavy (non-hydrogen) atoms. The van der Waals surface area contributed by atoms with E-state index in [0.29, 0.717) is 33.5 Å². The summed E-state index contributed by atoms with van der Waals surface area (Å²) in [6.07, 6.45) is 0. The van der Waals surface area contributed by atoms with Gasteiger partial charge in [0.05, 0.1) is 16.5 Å². The van der Waals surface area contributed by atoms with Gasteiger partial charge in [-0.05, 0) is 73.2 Å². The smallest absolute Gasteiger partial charge is 0.259 e. The molecule has 3 aromatic carbocycles. The zero-order chi connectivity index (χ0) is 25.5. The Morgan fingerprint density at radius 3 is 2.20 bits per heavy atom. The van der Waals surface area contributed by atoms with Crippen molar-refractivity contribution in [2.45, 2.75) is 17.2 Å². The van der Waals surface area contributed by atoms with Gasteiger partial charge in [0.2, 0.25) is 5.91 Å². The highest BCUT2D eigenvalue weighted by Gasteiger charge is 2.67. The van der Waals surface area contributed by atoms with E-state index in [9.17, 15) is 14.0 Å². The van der Waals surface area contributed by atoms with E-state index in [0.717, 1.165) is 0 Å². The molecule has 1 aliphatic carbocycles. The second kappa shape index (κ2) is 10.2. The molecule has 0 spiro atoms. The number of nitrogens with zero attached hydrogens (tertiary/aromatic N) is 1. The van der Waals surface area contributed by atoms with Crippen molar-refractivity contribution in [3.8, 4) is 0 Å². The number of anilines is 2. The fourth-order valence-corrected chi connectivity index (χ4v) is 5.59. The fraction of sp³-hybridized carbons (Fsp3) is 0.200. The summed E-state index contributed by atoms with van der Waals surface area (Å²) in [4.78, 5) is 27.7. The molecule has 0 radical (unpaired) electrons. The summed E-state index contributed by atoms with van der Waals surface area (Å²) in [5.74, 6) is -2.51. The third-order valence-electron chi connectivity index (χ3n) is 5.74. The van der Waals surface area contributed by atoms with Crippen molar-refractivity contribution >= 4 is 81.2 Å². The number of halogens is 6. The van der Waals surface area contributed by atoms with Gasteiger partial charge in [-0.2, -0.15) is 0 Å². The SMILES string of the molecule is CCN(C(=O)c1cc(NC(=O)[C@H]2[C@H](c3cc(Cl)cc(Cl)c3)C2(Cl)Cl)ccc1Cl)c1ccc(F)cc1. The summed E-state index contributed by atoms with van der Waals surface area (Å²) in [6, 6.07) is 15.0. The van der Waals surface area contributed by atoms with Crippen LogP contribution < -0.4 is 10.2 Å². The van der Waals surface area contributed by atoms with Crippen LogP contribution in [0.4, 0.5) is 15.8 Å². The summed E-state index contributed by atoms with van der Waals surface area (Å²) < 4.78 is 12.0. The molecule has 1 fully saturated rings. The average Bonchev–Trinajstić information content (AvgIpc) is 3.38. The van der Waals surface area contributed by atoms with E-state index in [1.54, 1.807) is 31.2 Å². The topological polar surface area (TPSA) is 49.4 Å². The Morgan fingerprint density at radius 1 is 0.971 bits per heavy atom. The van der Waals surface area contributed by atoms with Gasteiger partial charge in [-0.1, -0.05) is 34.8 Å². The molecule has 0 aromatic heterocycles. The van der Waals surface area contributed by atoms with Crippen LogP contribution >= 0.6 is 58.0 Å². The van der Waals surface area contributed by atoms with Gasteiger partial charge in [0.15, 0.2) is 0 Å². The molecule has 10 heteroatoms. The predicted octanol–water partition coefficient (Wildman–Crippen LogP) is 7.98. The fourth-order valence-electron chi connectivity index (χ4n) is 4.02. The van der Waals surface area contributed by atoms with E-state index in [1.165, 1.54) is 41.3 Å². The second-order valence-corrected chi connectivity index (χ2v) is 10.8. The molecule has 1 aliphatic rings. The summed E-state index contributed by atoms with van der Waals surface area (Å²) in [5, 5.41) is 3.78. The van der Waals surface area contributed by atoms with E-state index in [4.69, 9.17) is 58.0 Å². The van der Waals surface area contributed by atoms with Gasteiger partial charge in [-0.25, -0.2) is 4.39 Å². The summed E-state index contributed by atoms with van der Waals surface area (Å²) in [6.45, 7) is 2.11. The lowest BCUT2D eigenvalue weighted by Crippen LogP contribution is -2.31. The van der Waals surface area contributed by atoms with Crippen molar-refractivity contribution in [1.29, 1.82) is 0 Å². The molecular weight excluding hydrogens is 557 g/mol. The molecule has 4 rings (SSSR count). The van der Waals surface area contributed by atoms with Crippen LogP contribution in [0.25, 0.3) is 0 Å². The van der Waals surface area contributed by atoms with E-state index in [2.05, 4.69) is 5.32 Å². The molecule has 0 unspecified atom stereocenters. The van der Waals surface area contributed by atoms with Crippen molar-refractivity contribution in [2.24, 2.45) is 5.92 Å². The number of carbonyl (C=O) groups excluding carboxylic acids is 2. The van der Waals surface area contributed by atoms with Crippen LogP contribution in [0.5, 0.6) is 0 Å². The standard InChI is InChI=1S/C25H18Cl5FN2O2/c1-2-33(18-6-3-16(31)4-7-18)24(35)19-12-17(5-8-20(19)28)32-23(34)22-21(25(22,29)30)13-9-14(26)11-15(27)10-13/h3-12,21-22H,2H2,1H3,(H,32,34)/t21-,22+/m0/s1. The first kappa shape index (κ1) is 26.1. The van der Waals surface area contributed by atoms with Crippen molar-refractivity contribution in [3.63, 3.8) is 0 Å². The molecule has 0 aliphatic heterocycles. The molecule has 2 amide bonds. The third-order valence-corrected chi connectivity index (χ3v) is 7.45. The highest BCUT2D eigenvalue weighted by molar-refractivity contribution is 6.53. The van der Waals surface area contributed by atoms with Gasteiger partial charge < -0.3 is 10.2 Å². The number of nitrogens with one attached hydrogen (secondary N) is 1. The molecule has 0 bridgehead atoms. The number of hydrogen-bond acceptors (Lipinski definition) is 2. The third kappa shape index (κ3) is 5.40. The van der Waals surface area contributed by atoms with Crippen molar-refractivity contribution in [3.05, 3.63) is 92.7 Å². The zero-order valence-electron chi connectivity index (χ0n) is 18.2. The van der Waals surface area contributed by atoms with Gasteiger partial charge >= 0.3 is 0 Å². The zero-order valence-corrected chi connectivity index (χ0v) is 21.9. The lowest BCUT2D eigenvalue weighted by molar-refractivity contribution is -0.117. The van der Waals surface area contributed by atoms with E-state index in [1.807, 2.05) is 0 Å². The summed E-state index contributed by atoms with van der Waals surface area (Å²) in [7, 11) is 0. The number of rotatable bonds is 6. The van der Waals surface area contributed by atoms with Crippen LogP contribution in [-0.4, -0.2) is 22.7 Å². The van der Waals surface area contributed by atoms with Gasteiger partial charge in [-0.3, -0.25) is 9.59 Å².